The van der Waals surface area contributed by atoms with Crippen LogP contribution in [0.1, 0.15) is 10.8 Å². The summed E-state index contributed by atoms with van der Waals surface area (Å²) in [5, 5.41) is 0. The van der Waals surface area contributed by atoms with Crippen molar-refractivity contribution in [2.75, 3.05) is 13.7 Å². The van der Waals surface area contributed by atoms with E-state index in [2.05, 4.69) is 0 Å². The third kappa shape index (κ3) is 3.49. The van der Waals surface area contributed by atoms with E-state index in [-0.39, 0.29) is 12.4 Å². The van der Waals surface area contributed by atoms with Gasteiger partial charge in [0, 0.05) is 4.88 Å². The molecular weight excluding hydrogens is 303 g/mol. The number of carbonyl (C=O) groups excluding carboxylic acids is 1. The van der Waals surface area contributed by atoms with Crippen LogP contribution >= 0.6 is 22.9 Å². The van der Waals surface area contributed by atoms with Crippen LogP contribution < -0.4 is 4.74 Å². The summed E-state index contributed by atoms with van der Waals surface area (Å²) >= 11 is 7.13. The van der Waals surface area contributed by atoms with Gasteiger partial charge in [0.05, 0.1) is 11.4 Å². The number of hydrogen-bond donors (Lipinski definition) is 0. The average molecular weight is 315 g/mol. The second-order valence-corrected chi connectivity index (χ2v) is 5.71. The van der Waals surface area contributed by atoms with E-state index in [1.165, 1.54) is 30.6 Å². The van der Waals surface area contributed by atoms with Gasteiger partial charge in [-0.1, -0.05) is 23.7 Å². The SMILES string of the molecule is COC(=O)C(COc1ccccc1F)c1ccc(Cl)s1. The molecule has 1 unspecified atom stereocenters. The maximum absolute atomic E-state index is 13.5. The van der Waals surface area contributed by atoms with Crippen molar-refractivity contribution >= 4 is 28.9 Å². The maximum Gasteiger partial charge on any atom is 0.317 e. The van der Waals surface area contributed by atoms with Gasteiger partial charge in [-0.3, -0.25) is 4.79 Å². The Morgan fingerprint density at radius 1 is 1.35 bits per heavy atom. The first kappa shape index (κ1) is 14.8. The monoisotopic (exact) mass is 314 g/mol. The van der Waals surface area contributed by atoms with Crippen LogP contribution in [-0.2, 0) is 9.53 Å². The summed E-state index contributed by atoms with van der Waals surface area (Å²) in [5.74, 6) is -1.44. The molecular formula is C14H12ClFO3S. The van der Waals surface area contributed by atoms with E-state index in [1.54, 1.807) is 24.3 Å². The summed E-state index contributed by atoms with van der Waals surface area (Å²) in [6.45, 7) is -0.00948. The third-order valence-electron chi connectivity index (χ3n) is 2.67. The Morgan fingerprint density at radius 3 is 2.70 bits per heavy atom. The summed E-state index contributed by atoms with van der Waals surface area (Å²) in [5.41, 5.74) is 0. The Hall–Kier alpha value is -1.59. The van der Waals surface area contributed by atoms with E-state index >= 15 is 0 Å². The van der Waals surface area contributed by atoms with Crippen LogP contribution in [0.5, 0.6) is 5.75 Å². The fourth-order valence-corrected chi connectivity index (χ4v) is 2.79. The molecule has 1 aromatic heterocycles. The normalized spacial score (nSPS) is 11.9. The largest absolute Gasteiger partial charge is 0.489 e. The predicted octanol–water partition coefficient (Wildman–Crippen LogP) is 3.88. The molecule has 0 saturated carbocycles. The zero-order chi connectivity index (χ0) is 14.5. The smallest absolute Gasteiger partial charge is 0.317 e. The number of para-hydroxylation sites is 1. The Kier molecular flexibility index (Phi) is 4.98. The molecule has 0 radical (unpaired) electrons. The number of thiophene rings is 1. The topological polar surface area (TPSA) is 35.5 Å². The highest BCUT2D eigenvalue weighted by molar-refractivity contribution is 7.16. The van der Waals surface area contributed by atoms with E-state index in [4.69, 9.17) is 21.1 Å². The lowest BCUT2D eigenvalue weighted by Crippen LogP contribution is -2.20. The van der Waals surface area contributed by atoms with Crippen molar-refractivity contribution in [2.45, 2.75) is 5.92 Å². The van der Waals surface area contributed by atoms with Gasteiger partial charge >= 0.3 is 5.97 Å². The molecule has 106 valence electrons. The minimum Gasteiger partial charge on any atom is -0.489 e. The standard InChI is InChI=1S/C14H12ClFO3S/c1-18-14(17)9(12-6-7-13(15)20-12)8-19-11-5-3-2-4-10(11)16/h2-7,9H,8H2,1H3. The van der Waals surface area contributed by atoms with Gasteiger partial charge in [-0.25, -0.2) is 4.39 Å². The van der Waals surface area contributed by atoms with Gasteiger partial charge in [0.25, 0.3) is 0 Å². The number of esters is 1. The van der Waals surface area contributed by atoms with Gasteiger partial charge in [-0.05, 0) is 24.3 Å². The van der Waals surface area contributed by atoms with E-state index in [0.717, 1.165) is 4.88 Å². The van der Waals surface area contributed by atoms with Gasteiger partial charge in [0.1, 0.15) is 12.5 Å². The van der Waals surface area contributed by atoms with E-state index < -0.39 is 17.7 Å². The van der Waals surface area contributed by atoms with Crippen LogP contribution in [0.25, 0.3) is 0 Å². The molecule has 0 N–H and O–H groups in total. The highest BCUT2D eigenvalue weighted by atomic mass is 35.5. The number of benzene rings is 1. The lowest BCUT2D eigenvalue weighted by atomic mass is 10.1. The Labute approximate surface area is 124 Å². The van der Waals surface area contributed by atoms with Gasteiger partial charge in [0.2, 0.25) is 0 Å². The second kappa shape index (κ2) is 6.72. The van der Waals surface area contributed by atoms with Crippen molar-refractivity contribution in [1.82, 2.24) is 0 Å². The van der Waals surface area contributed by atoms with E-state index in [9.17, 15) is 9.18 Å². The van der Waals surface area contributed by atoms with Crippen LogP contribution in [0.15, 0.2) is 36.4 Å². The first-order valence-electron chi connectivity index (χ1n) is 5.82. The minimum atomic E-state index is -0.628. The van der Waals surface area contributed by atoms with Crippen LogP contribution in [0.3, 0.4) is 0 Å². The maximum atomic E-state index is 13.5. The molecule has 0 aliphatic carbocycles. The fraction of sp³-hybridized carbons (Fsp3) is 0.214. The second-order valence-electron chi connectivity index (χ2n) is 3.96. The molecule has 0 amide bonds. The number of hydrogen-bond acceptors (Lipinski definition) is 4. The van der Waals surface area contributed by atoms with Crippen molar-refractivity contribution in [3.05, 3.63) is 51.4 Å². The van der Waals surface area contributed by atoms with Gasteiger partial charge in [-0.15, -0.1) is 11.3 Å². The van der Waals surface area contributed by atoms with Crippen molar-refractivity contribution in [2.24, 2.45) is 0 Å². The molecule has 2 rings (SSSR count). The van der Waals surface area contributed by atoms with Crippen LogP contribution in [0.4, 0.5) is 4.39 Å². The zero-order valence-corrected chi connectivity index (χ0v) is 12.2. The average Bonchev–Trinajstić information content (AvgIpc) is 2.87. The summed E-state index contributed by atoms with van der Waals surface area (Å²) < 4.78 is 24.2. The lowest BCUT2D eigenvalue weighted by Gasteiger charge is -2.14. The fourth-order valence-electron chi connectivity index (χ4n) is 1.66. The first-order valence-corrected chi connectivity index (χ1v) is 7.01. The van der Waals surface area contributed by atoms with Crippen molar-refractivity contribution in [3.8, 4) is 5.75 Å². The third-order valence-corrected chi connectivity index (χ3v) is 4.01. The number of methoxy groups -OCH3 is 1. The quantitative estimate of drug-likeness (QED) is 0.786. The Morgan fingerprint density at radius 2 is 2.10 bits per heavy atom. The van der Waals surface area contributed by atoms with Gasteiger partial charge < -0.3 is 9.47 Å². The molecule has 0 saturated heterocycles. The van der Waals surface area contributed by atoms with Gasteiger partial charge in [0.15, 0.2) is 11.6 Å². The molecule has 6 heteroatoms. The van der Waals surface area contributed by atoms with Crippen molar-refractivity contribution in [1.29, 1.82) is 0 Å². The molecule has 0 bridgehead atoms. The zero-order valence-electron chi connectivity index (χ0n) is 10.6. The van der Waals surface area contributed by atoms with Crippen molar-refractivity contribution < 1.29 is 18.7 Å². The number of rotatable bonds is 5. The van der Waals surface area contributed by atoms with E-state index in [1.807, 2.05) is 0 Å². The molecule has 1 atom stereocenters. The van der Waals surface area contributed by atoms with Crippen LogP contribution in [-0.4, -0.2) is 19.7 Å². The molecule has 0 spiro atoms. The molecule has 0 aliphatic rings. The summed E-state index contributed by atoms with van der Waals surface area (Å²) in [6, 6.07) is 9.46. The summed E-state index contributed by atoms with van der Waals surface area (Å²) in [6.07, 6.45) is 0. The molecule has 1 aromatic carbocycles. The number of halogens is 2. The molecule has 20 heavy (non-hydrogen) atoms. The Balaban J connectivity index is 2.13. The predicted molar refractivity (Wildman–Crippen MR) is 76.0 cm³/mol. The summed E-state index contributed by atoms with van der Waals surface area (Å²) in [7, 11) is 1.30. The lowest BCUT2D eigenvalue weighted by molar-refractivity contribution is -0.143. The number of carbonyl (C=O) groups is 1. The number of ether oxygens (including phenoxy) is 2. The molecule has 0 aliphatic heterocycles. The molecule has 2 aromatic rings. The molecule has 0 fully saturated rings. The first-order chi connectivity index (χ1) is 9.61. The Bertz CT molecular complexity index is 600. The highest BCUT2D eigenvalue weighted by Gasteiger charge is 2.24. The minimum absolute atomic E-state index is 0.00948. The highest BCUT2D eigenvalue weighted by Crippen LogP contribution is 2.30. The molecule has 3 nitrogen and oxygen atoms in total. The van der Waals surface area contributed by atoms with Crippen LogP contribution in [0, 0.1) is 5.82 Å². The van der Waals surface area contributed by atoms with E-state index in [0.29, 0.717) is 4.34 Å². The van der Waals surface area contributed by atoms with Gasteiger partial charge in [-0.2, -0.15) is 0 Å². The summed E-state index contributed by atoms with van der Waals surface area (Å²) in [4.78, 5) is 12.5. The van der Waals surface area contributed by atoms with Crippen molar-refractivity contribution in [3.63, 3.8) is 0 Å². The van der Waals surface area contributed by atoms with Crippen LogP contribution in [0.2, 0.25) is 4.34 Å². The molecule has 1 heterocycles.